The summed E-state index contributed by atoms with van der Waals surface area (Å²) in [6.45, 7) is 1.14. The van der Waals surface area contributed by atoms with Crippen LogP contribution in [0.15, 0.2) is 35.5 Å². The number of rotatable bonds is 6. The molecule has 1 aliphatic rings. The molecule has 1 aromatic rings. The van der Waals surface area contributed by atoms with Gasteiger partial charge in [-0.15, -0.1) is 0 Å². The van der Waals surface area contributed by atoms with Gasteiger partial charge < -0.3 is 16.3 Å². The lowest BCUT2D eigenvalue weighted by Gasteiger charge is -2.18. The third-order valence-electron chi connectivity index (χ3n) is 3.78. The monoisotopic (exact) mass is 311 g/mol. The first kappa shape index (κ1) is 15.8. The van der Waals surface area contributed by atoms with Gasteiger partial charge in [0.2, 0.25) is 0 Å². The zero-order chi connectivity index (χ0) is 15.3. The van der Waals surface area contributed by atoms with E-state index in [4.69, 9.17) is 10.9 Å². The summed E-state index contributed by atoms with van der Waals surface area (Å²) in [5.41, 5.74) is 6.71. The van der Waals surface area contributed by atoms with Crippen molar-refractivity contribution in [3.63, 3.8) is 0 Å². The Hall–Kier alpha value is -1.60. The average molecular weight is 311 g/mol. The predicted octanol–water partition coefficient (Wildman–Crippen LogP) is 0.541. The molecule has 1 aliphatic heterocycles. The molecule has 2 atom stereocenters. The predicted molar refractivity (Wildman–Crippen MR) is 82.2 cm³/mol. The van der Waals surface area contributed by atoms with Gasteiger partial charge in [-0.2, -0.15) is 0 Å². The highest BCUT2D eigenvalue weighted by atomic mass is 32.2. The van der Waals surface area contributed by atoms with E-state index in [-0.39, 0.29) is 29.2 Å². The van der Waals surface area contributed by atoms with Crippen LogP contribution < -0.4 is 11.1 Å². The Balaban J connectivity index is 1.92. The van der Waals surface area contributed by atoms with Crippen LogP contribution in [-0.2, 0) is 9.84 Å². The molecular formula is C14H21N3O3S. The zero-order valence-corrected chi connectivity index (χ0v) is 12.6. The minimum atomic E-state index is -2.85. The number of amidine groups is 1. The molecule has 7 heteroatoms. The maximum atomic E-state index is 11.4. The summed E-state index contributed by atoms with van der Waals surface area (Å²) in [5, 5.41) is 15.2. The first-order valence-corrected chi connectivity index (χ1v) is 8.77. The standard InChI is InChI=1S/C14H21N3O3S/c15-14(17-18)13(12-4-2-1-3-5-12)9-16-8-11-6-7-21(19,20)10-11/h1-5,11,13,16,18H,6-10H2,(H2,15,17). The fraction of sp³-hybridized carbons (Fsp3) is 0.500. The average Bonchev–Trinajstić information content (AvgIpc) is 2.83. The summed E-state index contributed by atoms with van der Waals surface area (Å²) in [7, 11) is -2.85. The van der Waals surface area contributed by atoms with E-state index in [9.17, 15) is 8.42 Å². The highest BCUT2D eigenvalue weighted by molar-refractivity contribution is 7.91. The molecule has 1 aromatic carbocycles. The Morgan fingerprint density at radius 2 is 2.14 bits per heavy atom. The van der Waals surface area contributed by atoms with E-state index in [1.54, 1.807) is 0 Å². The van der Waals surface area contributed by atoms with Gasteiger partial charge in [-0.3, -0.25) is 0 Å². The van der Waals surface area contributed by atoms with Crippen LogP contribution in [0.4, 0.5) is 0 Å². The van der Waals surface area contributed by atoms with Gasteiger partial charge in [0.05, 0.1) is 17.4 Å². The van der Waals surface area contributed by atoms with Gasteiger partial charge in [-0.05, 0) is 24.4 Å². The summed E-state index contributed by atoms with van der Waals surface area (Å²) in [6.07, 6.45) is 0.703. The summed E-state index contributed by atoms with van der Waals surface area (Å²) in [6, 6.07) is 9.55. The van der Waals surface area contributed by atoms with Crippen LogP contribution >= 0.6 is 0 Å². The summed E-state index contributed by atoms with van der Waals surface area (Å²) in [5.74, 6) is 0.599. The van der Waals surface area contributed by atoms with Crippen molar-refractivity contribution in [1.82, 2.24) is 5.32 Å². The highest BCUT2D eigenvalue weighted by Gasteiger charge is 2.27. The normalized spacial score (nSPS) is 23.0. The Labute approximate surface area is 125 Å². The van der Waals surface area contributed by atoms with Gasteiger partial charge in [-0.25, -0.2) is 8.42 Å². The number of hydrogen-bond donors (Lipinski definition) is 3. The number of nitrogens with two attached hydrogens (primary N) is 1. The van der Waals surface area contributed by atoms with Crippen LogP contribution in [0.2, 0.25) is 0 Å². The Kier molecular flexibility index (Phi) is 5.19. The third-order valence-corrected chi connectivity index (χ3v) is 5.62. The summed E-state index contributed by atoms with van der Waals surface area (Å²) < 4.78 is 22.8. The SMILES string of the molecule is NC(=NO)C(CNCC1CCS(=O)(=O)C1)c1ccccc1. The van der Waals surface area contributed by atoms with Crippen LogP contribution in [0.5, 0.6) is 0 Å². The van der Waals surface area contributed by atoms with Crippen LogP contribution in [0.25, 0.3) is 0 Å². The molecule has 0 aromatic heterocycles. The van der Waals surface area contributed by atoms with E-state index in [0.29, 0.717) is 19.5 Å². The Bertz CT molecular complexity index is 587. The summed E-state index contributed by atoms with van der Waals surface area (Å²) >= 11 is 0. The van der Waals surface area contributed by atoms with E-state index >= 15 is 0 Å². The molecular weight excluding hydrogens is 290 g/mol. The minimum absolute atomic E-state index is 0.146. The maximum absolute atomic E-state index is 11.4. The van der Waals surface area contributed by atoms with E-state index in [2.05, 4.69) is 10.5 Å². The smallest absolute Gasteiger partial charge is 0.150 e. The second kappa shape index (κ2) is 6.91. The quantitative estimate of drug-likeness (QED) is 0.308. The lowest BCUT2D eigenvalue weighted by Crippen LogP contribution is -2.34. The van der Waals surface area contributed by atoms with Gasteiger partial charge in [0.1, 0.15) is 5.84 Å². The molecule has 116 valence electrons. The molecule has 0 bridgehead atoms. The van der Waals surface area contributed by atoms with Crippen molar-refractivity contribution in [2.75, 3.05) is 24.6 Å². The second-order valence-electron chi connectivity index (χ2n) is 5.42. The molecule has 0 amide bonds. The van der Waals surface area contributed by atoms with Crippen molar-refractivity contribution >= 4 is 15.7 Å². The third kappa shape index (κ3) is 4.44. The molecule has 1 heterocycles. The summed E-state index contributed by atoms with van der Waals surface area (Å²) in [4.78, 5) is 0. The number of nitrogens with zero attached hydrogens (tertiary/aromatic N) is 1. The molecule has 1 saturated heterocycles. The molecule has 0 aliphatic carbocycles. The molecule has 0 spiro atoms. The van der Waals surface area contributed by atoms with Gasteiger partial charge >= 0.3 is 0 Å². The molecule has 4 N–H and O–H groups in total. The molecule has 6 nitrogen and oxygen atoms in total. The van der Waals surface area contributed by atoms with Gasteiger partial charge in [-0.1, -0.05) is 35.5 Å². The van der Waals surface area contributed by atoms with E-state index in [1.165, 1.54) is 0 Å². The van der Waals surface area contributed by atoms with Crippen molar-refractivity contribution in [3.05, 3.63) is 35.9 Å². The lowest BCUT2D eigenvalue weighted by molar-refractivity contribution is 0.315. The van der Waals surface area contributed by atoms with Crippen molar-refractivity contribution in [2.24, 2.45) is 16.8 Å². The first-order valence-electron chi connectivity index (χ1n) is 6.95. The number of oxime groups is 1. The highest BCUT2D eigenvalue weighted by Crippen LogP contribution is 2.18. The maximum Gasteiger partial charge on any atom is 0.150 e. The molecule has 0 saturated carbocycles. The van der Waals surface area contributed by atoms with Crippen LogP contribution in [-0.4, -0.2) is 44.1 Å². The fourth-order valence-corrected chi connectivity index (χ4v) is 4.47. The number of hydrogen-bond acceptors (Lipinski definition) is 5. The number of nitrogens with one attached hydrogen (secondary N) is 1. The number of benzene rings is 1. The second-order valence-corrected chi connectivity index (χ2v) is 7.64. The molecule has 2 rings (SSSR count). The molecule has 0 radical (unpaired) electrons. The van der Waals surface area contributed by atoms with Crippen molar-refractivity contribution in [2.45, 2.75) is 12.3 Å². The van der Waals surface area contributed by atoms with Crippen molar-refractivity contribution in [3.8, 4) is 0 Å². The van der Waals surface area contributed by atoms with Crippen LogP contribution in [0.3, 0.4) is 0 Å². The first-order chi connectivity index (χ1) is 10.0. The molecule has 1 fully saturated rings. The zero-order valence-electron chi connectivity index (χ0n) is 11.8. The van der Waals surface area contributed by atoms with Crippen molar-refractivity contribution in [1.29, 1.82) is 0 Å². The van der Waals surface area contributed by atoms with Crippen LogP contribution in [0.1, 0.15) is 17.9 Å². The number of sulfone groups is 1. The van der Waals surface area contributed by atoms with Gasteiger partial charge in [0.25, 0.3) is 0 Å². The molecule has 21 heavy (non-hydrogen) atoms. The molecule has 2 unspecified atom stereocenters. The van der Waals surface area contributed by atoms with Crippen LogP contribution in [0, 0.1) is 5.92 Å². The van der Waals surface area contributed by atoms with Gasteiger partial charge in [0, 0.05) is 6.54 Å². The fourth-order valence-electron chi connectivity index (χ4n) is 2.61. The van der Waals surface area contributed by atoms with Crippen molar-refractivity contribution < 1.29 is 13.6 Å². The topological polar surface area (TPSA) is 105 Å². The lowest BCUT2D eigenvalue weighted by atomic mass is 9.97. The van der Waals surface area contributed by atoms with E-state index < -0.39 is 9.84 Å². The minimum Gasteiger partial charge on any atom is -0.409 e. The largest absolute Gasteiger partial charge is 0.409 e. The Morgan fingerprint density at radius 1 is 1.43 bits per heavy atom. The van der Waals surface area contributed by atoms with Gasteiger partial charge in [0.15, 0.2) is 9.84 Å². The van der Waals surface area contributed by atoms with E-state index in [1.807, 2.05) is 30.3 Å². The Morgan fingerprint density at radius 3 is 2.71 bits per heavy atom. The van der Waals surface area contributed by atoms with E-state index in [0.717, 1.165) is 5.56 Å².